The Bertz CT molecular complexity index is 854. The Morgan fingerprint density at radius 2 is 1.96 bits per heavy atom. The molecule has 132 valence electrons. The second-order valence-electron chi connectivity index (χ2n) is 5.56. The topological polar surface area (TPSA) is 114 Å². The van der Waals surface area contributed by atoms with Crippen molar-refractivity contribution in [3.05, 3.63) is 56.4 Å². The second kappa shape index (κ2) is 7.16. The Morgan fingerprint density at radius 3 is 2.56 bits per heavy atom. The summed E-state index contributed by atoms with van der Waals surface area (Å²) in [6.45, 7) is 6.97. The first-order valence-corrected chi connectivity index (χ1v) is 7.68. The molecule has 2 rings (SSSR count). The number of non-ortho nitro benzene ring substituents is 1. The number of carbonyl (C=O) groups excluding carboxylic acids is 2. The fourth-order valence-corrected chi connectivity index (χ4v) is 2.54. The summed E-state index contributed by atoms with van der Waals surface area (Å²) in [6.07, 6.45) is 0. The van der Waals surface area contributed by atoms with Crippen LogP contribution in [-0.2, 0) is 4.74 Å². The number of amides is 1. The van der Waals surface area contributed by atoms with Gasteiger partial charge in [0.25, 0.3) is 11.6 Å². The minimum absolute atomic E-state index is 0.115. The summed E-state index contributed by atoms with van der Waals surface area (Å²) >= 11 is 0. The highest BCUT2D eigenvalue weighted by atomic mass is 16.6. The van der Waals surface area contributed by atoms with Crippen molar-refractivity contribution in [2.45, 2.75) is 27.7 Å². The molecule has 0 aliphatic carbocycles. The SMILES string of the molecule is CCOC(=O)c1[nH]c(C)c(C(=O)Nc2cc([N+](=O)[O-])ccc2C)c1C. The standard InChI is InChI=1S/C17H19N3O5/c1-5-25-17(22)15-10(3)14(11(4)18-15)16(21)19-13-8-12(20(23)24)7-6-9(13)2/h6-8,18H,5H2,1-4H3,(H,19,21). The van der Waals surface area contributed by atoms with Crippen molar-refractivity contribution in [3.8, 4) is 0 Å². The van der Waals surface area contributed by atoms with E-state index in [1.165, 1.54) is 12.1 Å². The Labute approximate surface area is 144 Å². The van der Waals surface area contributed by atoms with Gasteiger partial charge in [-0.3, -0.25) is 14.9 Å². The van der Waals surface area contributed by atoms with Crippen molar-refractivity contribution in [2.24, 2.45) is 0 Å². The van der Waals surface area contributed by atoms with E-state index in [0.29, 0.717) is 28.1 Å². The molecule has 1 heterocycles. The van der Waals surface area contributed by atoms with Crippen LogP contribution in [0.1, 0.15) is 44.6 Å². The van der Waals surface area contributed by atoms with Gasteiger partial charge >= 0.3 is 5.97 Å². The third-order valence-electron chi connectivity index (χ3n) is 3.82. The molecule has 8 nitrogen and oxygen atoms in total. The van der Waals surface area contributed by atoms with Crippen LogP contribution in [-0.4, -0.2) is 28.4 Å². The summed E-state index contributed by atoms with van der Waals surface area (Å²) in [4.78, 5) is 37.8. The molecule has 0 saturated heterocycles. The molecule has 1 aromatic heterocycles. The molecular formula is C17H19N3O5. The lowest BCUT2D eigenvalue weighted by Crippen LogP contribution is -2.15. The van der Waals surface area contributed by atoms with E-state index in [1.54, 1.807) is 33.8 Å². The molecule has 2 aromatic rings. The molecule has 0 aliphatic heterocycles. The van der Waals surface area contributed by atoms with Crippen molar-refractivity contribution in [2.75, 3.05) is 11.9 Å². The molecular weight excluding hydrogens is 326 g/mol. The summed E-state index contributed by atoms with van der Waals surface area (Å²) in [5, 5.41) is 13.6. The highest BCUT2D eigenvalue weighted by Gasteiger charge is 2.23. The minimum Gasteiger partial charge on any atom is -0.461 e. The van der Waals surface area contributed by atoms with E-state index in [4.69, 9.17) is 4.74 Å². The van der Waals surface area contributed by atoms with E-state index in [9.17, 15) is 19.7 Å². The summed E-state index contributed by atoms with van der Waals surface area (Å²) < 4.78 is 4.96. The number of nitro groups is 1. The zero-order chi connectivity index (χ0) is 18.7. The van der Waals surface area contributed by atoms with Gasteiger partial charge in [0, 0.05) is 17.8 Å². The first kappa shape index (κ1) is 18.2. The minimum atomic E-state index is -0.534. The highest BCUT2D eigenvalue weighted by molar-refractivity contribution is 6.08. The molecule has 1 amide bonds. The number of nitrogens with zero attached hydrogens (tertiary/aromatic N) is 1. The first-order chi connectivity index (χ1) is 11.8. The normalized spacial score (nSPS) is 10.4. The number of hydrogen-bond acceptors (Lipinski definition) is 5. The second-order valence-corrected chi connectivity index (χ2v) is 5.56. The molecule has 0 saturated carbocycles. The number of carbonyl (C=O) groups is 2. The predicted octanol–water partition coefficient (Wildman–Crippen LogP) is 3.28. The smallest absolute Gasteiger partial charge is 0.355 e. The van der Waals surface area contributed by atoms with Crippen LogP contribution in [0.3, 0.4) is 0 Å². The molecule has 0 atom stereocenters. The van der Waals surface area contributed by atoms with Crippen LogP contribution < -0.4 is 5.32 Å². The number of rotatable bonds is 5. The molecule has 0 radical (unpaired) electrons. The van der Waals surface area contributed by atoms with E-state index in [0.717, 1.165) is 0 Å². The van der Waals surface area contributed by atoms with Crippen LogP contribution in [0.4, 0.5) is 11.4 Å². The van der Waals surface area contributed by atoms with Crippen molar-refractivity contribution >= 4 is 23.3 Å². The maximum Gasteiger partial charge on any atom is 0.355 e. The molecule has 1 aromatic carbocycles. The maximum atomic E-state index is 12.6. The zero-order valence-electron chi connectivity index (χ0n) is 14.4. The number of benzene rings is 1. The molecule has 2 N–H and O–H groups in total. The number of H-pyrrole nitrogens is 1. The van der Waals surface area contributed by atoms with E-state index in [-0.39, 0.29) is 18.0 Å². The van der Waals surface area contributed by atoms with Crippen LogP contribution in [0.2, 0.25) is 0 Å². The lowest BCUT2D eigenvalue weighted by atomic mass is 10.1. The van der Waals surface area contributed by atoms with E-state index < -0.39 is 16.8 Å². The van der Waals surface area contributed by atoms with Gasteiger partial charge in [-0.2, -0.15) is 0 Å². The van der Waals surface area contributed by atoms with E-state index in [1.807, 2.05) is 0 Å². The van der Waals surface area contributed by atoms with Gasteiger partial charge in [0.15, 0.2) is 0 Å². The largest absolute Gasteiger partial charge is 0.461 e. The quantitative estimate of drug-likeness (QED) is 0.490. The highest BCUT2D eigenvalue weighted by Crippen LogP contribution is 2.25. The van der Waals surface area contributed by atoms with Gasteiger partial charge in [0.05, 0.1) is 22.8 Å². The van der Waals surface area contributed by atoms with Crippen molar-refractivity contribution < 1.29 is 19.2 Å². The lowest BCUT2D eigenvalue weighted by molar-refractivity contribution is -0.384. The van der Waals surface area contributed by atoms with Gasteiger partial charge < -0.3 is 15.0 Å². The first-order valence-electron chi connectivity index (χ1n) is 7.68. The Balaban J connectivity index is 2.35. The van der Waals surface area contributed by atoms with Gasteiger partial charge in [-0.25, -0.2) is 4.79 Å². The van der Waals surface area contributed by atoms with Crippen molar-refractivity contribution in [1.29, 1.82) is 0 Å². The monoisotopic (exact) mass is 345 g/mol. The zero-order valence-corrected chi connectivity index (χ0v) is 14.4. The predicted molar refractivity (Wildman–Crippen MR) is 92.0 cm³/mol. The third kappa shape index (κ3) is 3.68. The number of aromatic nitrogens is 1. The number of nitro benzene ring substituents is 1. The van der Waals surface area contributed by atoms with Crippen molar-refractivity contribution in [3.63, 3.8) is 0 Å². The summed E-state index contributed by atoms with van der Waals surface area (Å²) in [5.41, 5.74) is 2.44. The molecule has 0 aliphatic rings. The summed E-state index contributed by atoms with van der Waals surface area (Å²) in [6, 6.07) is 4.24. The molecule has 25 heavy (non-hydrogen) atoms. The number of ether oxygens (including phenoxy) is 1. The number of anilines is 1. The molecule has 0 bridgehead atoms. The van der Waals surface area contributed by atoms with Crippen LogP contribution in [0.15, 0.2) is 18.2 Å². The van der Waals surface area contributed by atoms with Gasteiger partial charge in [-0.1, -0.05) is 6.07 Å². The molecule has 0 spiro atoms. The number of esters is 1. The van der Waals surface area contributed by atoms with Gasteiger partial charge in [0.2, 0.25) is 0 Å². The van der Waals surface area contributed by atoms with Crippen LogP contribution in [0.5, 0.6) is 0 Å². The average molecular weight is 345 g/mol. The average Bonchev–Trinajstić information content (AvgIpc) is 2.84. The molecule has 0 fully saturated rings. The van der Waals surface area contributed by atoms with E-state index in [2.05, 4.69) is 10.3 Å². The molecule has 8 heteroatoms. The number of aryl methyl sites for hydroxylation is 2. The van der Waals surface area contributed by atoms with Crippen LogP contribution >= 0.6 is 0 Å². The lowest BCUT2D eigenvalue weighted by Gasteiger charge is -2.09. The summed E-state index contributed by atoms with van der Waals surface area (Å²) in [5.74, 6) is -0.987. The number of aromatic amines is 1. The fourth-order valence-electron chi connectivity index (χ4n) is 2.54. The summed E-state index contributed by atoms with van der Waals surface area (Å²) in [7, 11) is 0. The van der Waals surface area contributed by atoms with Gasteiger partial charge in [-0.15, -0.1) is 0 Å². The fraction of sp³-hybridized carbons (Fsp3) is 0.294. The van der Waals surface area contributed by atoms with Gasteiger partial charge in [-0.05, 0) is 38.8 Å². The Morgan fingerprint density at radius 1 is 1.28 bits per heavy atom. The molecule has 0 unspecified atom stereocenters. The van der Waals surface area contributed by atoms with Gasteiger partial charge in [0.1, 0.15) is 5.69 Å². The van der Waals surface area contributed by atoms with Crippen LogP contribution in [0.25, 0.3) is 0 Å². The number of nitrogens with one attached hydrogen (secondary N) is 2. The Kier molecular flexibility index (Phi) is 5.21. The maximum absolute atomic E-state index is 12.6. The Hall–Kier alpha value is -3.16. The third-order valence-corrected chi connectivity index (χ3v) is 3.82. The van der Waals surface area contributed by atoms with E-state index >= 15 is 0 Å². The number of hydrogen-bond donors (Lipinski definition) is 2. The van der Waals surface area contributed by atoms with Crippen molar-refractivity contribution in [1.82, 2.24) is 4.98 Å². The van der Waals surface area contributed by atoms with Crippen LogP contribution in [0, 0.1) is 30.9 Å².